The van der Waals surface area contributed by atoms with Gasteiger partial charge in [0, 0.05) is 30.2 Å². The molecule has 0 atom stereocenters. The van der Waals surface area contributed by atoms with Crippen molar-refractivity contribution < 1.29 is 4.79 Å². The predicted molar refractivity (Wildman–Crippen MR) is 77.9 cm³/mol. The second kappa shape index (κ2) is 4.85. The normalized spacial score (nSPS) is 13.9. The number of carbonyl (C=O) groups excluding carboxylic acids is 1. The van der Waals surface area contributed by atoms with Crippen molar-refractivity contribution >= 4 is 17.3 Å². The van der Waals surface area contributed by atoms with Crippen molar-refractivity contribution in [1.82, 2.24) is 4.98 Å². The number of nitrogens with zero attached hydrogens (tertiary/aromatic N) is 1. The lowest BCUT2D eigenvalue weighted by molar-refractivity contribution is 0.0984. The lowest BCUT2D eigenvalue weighted by Gasteiger charge is -2.29. The van der Waals surface area contributed by atoms with Crippen LogP contribution < -0.4 is 16.2 Å². The van der Waals surface area contributed by atoms with Gasteiger partial charge < -0.3 is 15.6 Å². The van der Waals surface area contributed by atoms with Crippen LogP contribution in [0, 0.1) is 0 Å². The highest BCUT2D eigenvalue weighted by Gasteiger charge is 2.23. The summed E-state index contributed by atoms with van der Waals surface area (Å²) in [4.78, 5) is 27.9. The van der Waals surface area contributed by atoms with Gasteiger partial charge in [-0.05, 0) is 42.7 Å². The van der Waals surface area contributed by atoms with Crippen molar-refractivity contribution in [2.24, 2.45) is 0 Å². The molecule has 1 amide bonds. The van der Waals surface area contributed by atoms with Crippen LogP contribution in [0.3, 0.4) is 0 Å². The van der Waals surface area contributed by atoms with Crippen LogP contribution in [0.15, 0.2) is 41.3 Å². The molecule has 5 nitrogen and oxygen atoms in total. The van der Waals surface area contributed by atoms with Gasteiger partial charge in [0.05, 0.1) is 5.56 Å². The molecule has 0 bridgehead atoms. The van der Waals surface area contributed by atoms with E-state index in [-0.39, 0.29) is 11.5 Å². The van der Waals surface area contributed by atoms with Crippen LogP contribution in [-0.4, -0.2) is 17.4 Å². The molecule has 0 aliphatic carbocycles. The number of H-pyrrole nitrogens is 1. The molecule has 3 rings (SSSR count). The van der Waals surface area contributed by atoms with Crippen LogP contribution in [0.5, 0.6) is 0 Å². The van der Waals surface area contributed by atoms with E-state index in [1.807, 2.05) is 12.1 Å². The van der Waals surface area contributed by atoms with Crippen molar-refractivity contribution in [3.8, 4) is 0 Å². The quantitative estimate of drug-likeness (QED) is 0.771. The molecule has 5 heteroatoms. The lowest BCUT2D eigenvalue weighted by atomic mass is 10.0. The van der Waals surface area contributed by atoms with E-state index in [0.29, 0.717) is 17.8 Å². The Bertz CT molecular complexity index is 701. The Morgan fingerprint density at radius 1 is 1.25 bits per heavy atom. The lowest BCUT2D eigenvalue weighted by Crippen LogP contribution is -2.35. The number of hydrogen-bond acceptors (Lipinski definition) is 3. The Morgan fingerprint density at radius 2 is 2.10 bits per heavy atom. The average molecular weight is 269 g/mol. The summed E-state index contributed by atoms with van der Waals surface area (Å²) in [6, 6.07) is 8.51. The fourth-order valence-corrected chi connectivity index (χ4v) is 2.53. The SMILES string of the molecule is Nc1ccc2c(c1)CCCN2C(=O)c1ccc(=O)[nH]c1. The summed E-state index contributed by atoms with van der Waals surface area (Å²) in [5.41, 5.74) is 8.76. The molecular weight excluding hydrogens is 254 g/mol. The molecule has 0 saturated carbocycles. The molecule has 0 spiro atoms. The monoisotopic (exact) mass is 269 g/mol. The molecule has 20 heavy (non-hydrogen) atoms. The number of pyridine rings is 1. The maximum atomic E-state index is 12.5. The highest BCUT2D eigenvalue weighted by Crippen LogP contribution is 2.29. The molecule has 0 fully saturated rings. The number of fused-ring (bicyclic) bond motifs is 1. The highest BCUT2D eigenvalue weighted by molar-refractivity contribution is 6.06. The number of nitrogens with two attached hydrogens (primary N) is 1. The zero-order valence-corrected chi connectivity index (χ0v) is 10.9. The van der Waals surface area contributed by atoms with Gasteiger partial charge in [-0.15, -0.1) is 0 Å². The van der Waals surface area contributed by atoms with Crippen LogP contribution in [-0.2, 0) is 6.42 Å². The first-order chi connectivity index (χ1) is 9.65. The van der Waals surface area contributed by atoms with Gasteiger partial charge in [-0.2, -0.15) is 0 Å². The summed E-state index contributed by atoms with van der Waals surface area (Å²) in [5, 5.41) is 0. The minimum absolute atomic E-state index is 0.105. The Hall–Kier alpha value is -2.56. The van der Waals surface area contributed by atoms with Crippen molar-refractivity contribution in [3.63, 3.8) is 0 Å². The Balaban J connectivity index is 1.98. The molecule has 0 radical (unpaired) electrons. The summed E-state index contributed by atoms with van der Waals surface area (Å²) in [6.07, 6.45) is 3.29. The van der Waals surface area contributed by atoms with E-state index in [1.54, 1.807) is 17.0 Å². The van der Waals surface area contributed by atoms with Gasteiger partial charge in [0.1, 0.15) is 0 Å². The number of aryl methyl sites for hydroxylation is 1. The first-order valence-electron chi connectivity index (χ1n) is 6.54. The number of hydrogen-bond donors (Lipinski definition) is 2. The minimum atomic E-state index is -0.214. The Kier molecular flexibility index (Phi) is 3.02. The van der Waals surface area contributed by atoms with Gasteiger partial charge in [-0.3, -0.25) is 9.59 Å². The first kappa shape index (κ1) is 12.5. The summed E-state index contributed by atoms with van der Waals surface area (Å²) in [5.74, 6) is -0.105. The molecule has 1 aliphatic rings. The molecule has 0 unspecified atom stereocenters. The van der Waals surface area contributed by atoms with Crippen molar-refractivity contribution in [2.45, 2.75) is 12.8 Å². The number of aromatic nitrogens is 1. The largest absolute Gasteiger partial charge is 0.399 e. The minimum Gasteiger partial charge on any atom is -0.399 e. The fourth-order valence-electron chi connectivity index (χ4n) is 2.53. The van der Waals surface area contributed by atoms with E-state index in [0.717, 1.165) is 24.1 Å². The third kappa shape index (κ3) is 2.18. The number of anilines is 2. The standard InChI is InChI=1S/C15H15N3O2/c16-12-4-5-13-10(8-12)2-1-7-18(13)15(20)11-3-6-14(19)17-9-11/h3-6,8-9H,1-2,7,16H2,(H,17,19). The Labute approximate surface area is 116 Å². The number of rotatable bonds is 1. The third-order valence-electron chi connectivity index (χ3n) is 3.50. The highest BCUT2D eigenvalue weighted by atomic mass is 16.2. The van der Waals surface area contributed by atoms with Crippen LogP contribution in [0.2, 0.25) is 0 Å². The second-order valence-corrected chi connectivity index (χ2v) is 4.89. The van der Waals surface area contributed by atoms with E-state index in [2.05, 4.69) is 4.98 Å². The van der Waals surface area contributed by atoms with Crippen molar-refractivity contribution in [2.75, 3.05) is 17.2 Å². The number of amides is 1. The van der Waals surface area contributed by atoms with Crippen LogP contribution in [0.4, 0.5) is 11.4 Å². The van der Waals surface area contributed by atoms with Crippen LogP contribution in [0.1, 0.15) is 22.3 Å². The number of nitrogens with one attached hydrogen (secondary N) is 1. The number of aromatic amines is 1. The first-order valence-corrected chi connectivity index (χ1v) is 6.54. The summed E-state index contributed by atoms with van der Waals surface area (Å²) in [7, 11) is 0. The van der Waals surface area contributed by atoms with E-state index in [9.17, 15) is 9.59 Å². The molecule has 1 aliphatic heterocycles. The smallest absolute Gasteiger partial charge is 0.259 e. The molecule has 0 saturated heterocycles. The van der Waals surface area contributed by atoms with Gasteiger partial charge >= 0.3 is 0 Å². The number of benzene rings is 1. The summed E-state index contributed by atoms with van der Waals surface area (Å²) in [6.45, 7) is 0.675. The number of carbonyl (C=O) groups is 1. The topological polar surface area (TPSA) is 79.2 Å². The van der Waals surface area contributed by atoms with E-state index in [4.69, 9.17) is 5.73 Å². The fraction of sp³-hybridized carbons (Fsp3) is 0.200. The molecule has 1 aromatic carbocycles. The van der Waals surface area contributed by atoms with Gasteiger partial charge in [0.15, 0.2) is 0 Å². The molecule has 3 N–H and O–H groups in total. The zero-order chi connectivity index (χ0) is 14.1. The van der Waals surface area contributed by atoms with Crippen molar-refractivity contribution in [1.29, 1.82) is 0 Å². The van der Waals surface area contributed by atoms with Gasteiger partial charge in [0.2, 0.25) is 5.56 Å². The molecule has 102 valence electrons. The van der Waals surface area contributed by atoms with Gasteiger partial charge in [-0.25, -0.2) is 0 Å². The molecule has 2 aromatic rings. The zero-order valence-electron chi connectivity index (χ0n) is 10.9. The second-order valence-electron chi connectivity index (χ2n) is 4.89. The van der Waals surface area contributed by atoms with Crippen LogP contribution in [0.25, 0.3) is 0 Å². The maximum absolute atomic E-state index is 12.5. The third-order valence-corrected chi connectivity index (χ3v) is 3.50. The number of nitrogen functional groups attached to an aromatic ring is 1. The van der Waals surface area contributed by atoms with Gasteiger partial charge in [0.25, 0.3) is 5.91 Å². The maximum Gasteiger partial charge on any atom is 0.259 e. The molecular formula is C15H15N3O2. The average Bonchev–Trinajstić information content (AvgIpc) is 2.46. The molecule has 1 aromatic heterocycles. The van der Waals surface area contributed by atoms with E-state index < -0.39 is 0 Å². The summed E-state index contributed by atoms with van der Waals surface area (Å²) < 4.78 is 0. The summed E-state index contributed by atoms with van der Waals surface area (Å²) >= 11 is 0. The van der Waals surface area contributed by atoms with Crippen LogP contribution >= 0.6 is 0 Å². The van der Waals surface area contributed by atoms with Crippen molar-refractivity contribution in [3.05, 3.63) is 58.0 Å². The van der Waals surface area contributed by atoms with Gasteiger partial charge in [-0.1, -0.05) is 0 Å². The predicted octanol–water partition coefficient (Wildman–Crippen LogP) is 1.55. The molecule has 2 heterocycles. The Morgan fingerprint density at radius 3 is 2.85 bits per heavy atom. The van der Waals surface area contributed by atoms with E-state index >= 15 is 0 Å². The van der Waals surface area contributed by atoms with E-state index in [1.165, 1.54) is 12.3 Å².